The molecular weight excluding hydrogens is 358 g/mol. The molecule has 6 nitrogen and oxygen atoms in total. The van der Waals surface area contributed by atoms with Crippen LogP contribution in [0.5, 0.6) is 0 Å². The SMILES string of the molecule is C/C(=C\c1ccccc1)C(=O)NCc1nnc2ccc(-c3cccs3)nn12. The fourth-order valence-electron chi connectivity index (χ4n) is 2.66. The van der Waals surface area contributed by atoms with Gasteiger partial charge in [0.1, 0.15) is 5.69 Å². The Labute approximate surface area is 160 Å². The minimum Gasteiger partial charge on any atom is -0.345 e. The second kappa shape index (κ2) is 7.51. The van der Waals surface area contributed by atoms with Gasteiger partial charge in [0.25, 0.3) is 0 Å². The summed E-state index contributed by atoms with van der Waals surface area (Å²) < 4.78 is 1.67. The molecule has 0 radical (unpaired) electrons. The van der Waals surface area contributed by atoms with Crippen LogP contribution in [-0.2, 0) is 11.3 Å². The van der Waals surface area contributed by atoms with Crippen molar-refractivity contribution in [3.63, 3.8) is 0 Å². The molecule has 7 heteroatoms. The molecule has 0 unspecified atom stereocenters. The number of fused-ring (bicyclic) bond motifs is 1. The third-order valence-corrected chi connectivity index (χ3v) is 4.94. The average molecular weight is 375 g/mol. The van der Waals surface area contributed by atoms with E-state index in [1.54, 1.807) is 22.8 Å². The fraction of sp³-hybridized carbons (Fsp3) is 0.100. The highest BCUT2D eigenvalue weighted by Crippen LogP contribution is 2.22. The molecule has 0 saturated carbocycles. The smallest absolute Gasteiger partial charge is 0.247 e. The summed E-state index contributed by atoms with van der Waals surface area (Å²) in [6.45, 7) is 2.04. The number of aromatic nitrogens is 4. The summed E-state index contributed by atoms with van der Waals surface area (Å²) in [6.07, 6.45) is 1.85. The number of carbonyl (C=O) groups excluding carboxylic acids is 1. The van der Waals surface area contributed by atoms with Crippen LogP contribution in [0.2, 0.25) is 0 Å². The maximum atomic E-state index is 12.4. The van der Waals surface area contributed by atoms with Gasteiger partial charge in [0.05, 0.1) is 11.4 Å². The van der Waals surface area contributed by atoms with Crippen molar-refractivity contribution in [2.24, 2.45) is 0 Å². The van der Waals surface area contributed by atoms with Crippen LogP contribution in [-0.4, -0.2) is 25.7 Å². The van der Waals surface area contributed by atoms with Gasteiger partial charge in [-0.2, -0.15) is 9.61 Å². The number of thiophene rings is 1. The number of amides is 1. The van der Waals surface area contributed by atoms with Crippen molar-refractivity contribution in [2.75, 3.05) is 0 Å². The zero-order valence-corrected chi connectivity index (χ0v) is 15.5. The van der Waals surface area contributed by atoms with E-state index in [1.807, 2.05) is 66.1 Å². The first kappa shape index (κ1) is 17.1. The lowest BCUT2D eigenvalue weighted by Gasteiger charge is -2.05. The number of nitrogens with zero attached hydrogens (tertiary/aromatic N) is 4. The van der Waals surface area contributed by atoms with Gasteiger partial charge in [-0.25, -0.2) is 0 Å². The molecule has 0 atom stereocenters. The van der Waals surface area contributed by atoms with E-state index in [0.717, 1.165) is 16.1 Å². The van der Waals surface area contributed by atoms with E-state index in [1.165, 1.54) is 0 Å². The number of nitrogens with one attached hydrogen (secondary N) is 1. The molecule has 27 heavy (non-hydrogen) atoms. The summed E-state index contributed by atoms with van der Waals surface area (Å²) in [5, 5.41) is 17.8. The molecule has 134 valence electrons. The van der Waals surface area contributed by atoms with Crippen molar-refractivity contribution in [1.82, 2.24) is 25.1 Å². The quantitative estimate of drug-likeness (QED) is 0.541. The Hall–Kier alpha value is -3.32. The third-order valence-electron chi connectivity index (χ3n) is 4.05. The van der Waals surface area contributed by atoms with Gasteiger partial charge < -0.3 is 5.32 Å². The molecule has 0 aliphatic rings. The molecule has 3 heterocycles. The molecule has 1 amide bonds. The van der Waals surface area contributed by atoms with Gasteiger partial charge in [-0.15, -0.1) is 21.5 Å². The second-order valence-corrected chi connectivity index (χ2v) is 6.95. The third kappa shape index (κ3) is 3.78. The van der Waals surface area contributed by atoms with Gasteiger partial charge in [0.2, 0.25) is 5.91 Å². The van der Waals surface area contributed by atoms with E-state index in [4.69, 9.17) is 0 Å². The number of carbonyl (C=O) groups is 1. The van der Waals surface area contributed by atoms with Crippen molar-refractivity contribution in [3.8, 4) is 10.6 Å². The molecule has 1 aromatic carbocycles. The van der Waals surface area contributed by atoms with Gasteiger partial charge >= 0.3 is 0 Å². The summed E-state index contributed by atoms with van der Waals surface area (Å²) >= 11 is 1.62. The summed E-state index contributed by atoms with van der Waals surface area (Å²) in [5.74, 6) is 0.439. The molecule has 1 N–H and O–H groups in total. The molecular formula is C20H17N5OS. The first-order chi connectivity index (χ1) is 13.2. The molecule has 3 aromatic heterocycles. The number of benzene rings is 1. The molecule has 4 rings (SSSR count). The molecule has 0 bridgehead atoms. The Bertz CT molecular complexity index is 1100. The average Bonchev–Trinajstić information content (AvgIpc) is 3.36. The monoisotopic (exact) mass is 375 g/mol. The Kier molecular flexibility index (Phi) is 4.76. The zero-order valence-electron chi connectivity index (χ0n) is 14.7. The van der Waals surface area contributed by atoms with Crippen molar-refractivity contribution in [1.29, 1.82) is 0 Å². The highest BCUT2D eigenvalue weighted by Gasteiger charge is 2.11. The standard InChI is InChI=1S/C20H17N5OS/c1-14(12-15-6-3-2-4-7-15)20(26)21-13-19-23-22-18-10-9-16(24-25(18)19)17-8-5-11-27-17/h2-12H,13H2,1H3,(H,21,26)/b14-12+. The van der Waals surface area contributed by atoms with Crippen LogP contribution in [0.3, 0.4) is 0 Å². The Morgan fingerprint density at radius 1 is 1.11 bits per heavy atom. The van der Waals surface area contributed by atoms with E-state index >= 15 is 0 Å². The van der Waals surface area contributed by atoms with Crippen molar-refractivity contribution in [3.05, 3.63) is 76.9 Å². The normalized spacial score (nSPS) is 11.7. The Balaban J connectivity index is 1.51. The second-order valence-electron chi connectivity index (χ2n) is 6.00. The van der Waals surface area contributed by atoms with Crippen molar-refractivity contribution < 1.29 is 4.79 Å². The summed E-state index contributed by atoms with van der Waals surface area (Å²) in [6, 6.07) is 17.5. The van der Waals surface area contributed by atoms with Crippen molar-refractivity contribution >= 4 is 29.0 Å². The number of hydrogen-bond donors (Lipinski definition) is 1. The van der Waals surface area contributed by atoms with Crippen molar-refractivity contribution in [2.45, 2.75) is 13.5 Å². The van der Waals surface area contributed by atoms with Gasteiger partial charge in [0, 0.05) is 5.57 Å². The van der Waals surface area contributed by atoms with Crippen LogP contribution >= 0.6 is 11.3 Å². The van der Waals surface area contributed by atoms with E-state index in [-0.39, 0.29) is 12.5 Å². The van der Waals surface area contributed by atoms with E-state index in [2.05, 4.69) is 20.6 Å². The van der Waals surface area contributed by atoms with Crippen LogP contribution in [0, 0.1) is 0 Å². The summed E-state index contributed by atoms with van der Waals surface area (Å²) in [7, 11) is 0. The predicted molar refractivity (Wildman–Crippen MR) is 106 cm³/mol. The molecule has 0 fully saturated rings. The first-order valence-corrected chi connectivity index (χ1v) is 9.35. The minimum atomic E-state index is -0.148. The maximum Gasteiger partial charge on any atom is 0.247 e. The van der Waals surface area contributed by atoms with Crippen LogP contribution in [0.1, 0.15) is 18.3 Å². The predicted octanol–water partition coefficient (Wildman–Crippen LogP) is 3.57. The lowest BCUT2D eigenvalue weighted by molar-refractivity contribution is -0.117. The largest absolute Gasteiger partial charge is 0.345 e. The Morgan fingerprint density at radius 2 is 1.96 bits per heavy atom. The van der Waals surface area contributed by atoms with Gasteiger partial charge in [-0.1, -0.05) is 36.4 Å². The van der Waals surface area contributed by atoms with Crippen LogP contribution in [0.4, 0.5) is 0 Å². The molecule has 0 aliphatic heterocycles. The van der Waals surface area contributed by atoms with Crippen LogP contribution in [0.15, 0.2) is 65.6 Å². The van der Waals surface area contributed by atoms with Crippen LogP contribution < -0.4 is 5.32 Å². The molecule has 4 aromatic rings. The highest BCUT2D eigenvalue weighted by atomic mass is 32.1. The Morgan fingerprint density at radius 3 is 2.74 bits per heavy atom. The van der Waals surface area contributed by atoms with E-state index in [9.17, 15) is 4.79 Å². The highest BCUT2D eigenvalue weighted by molar-refractivity contribution is 7.13. The summed E-state index contributed by atoms with van der Waals surface area (Å²) in [5.41, 5.74) is 3.11. The van der Waals surface area contributed by atoms with Crippen LogP contribution in [0.25, 0.3) is 22.3 Å². The lowest BCUT2D eigenvalue weighted by atomic mass is 10.1. The zero-order chi connectivity index (χ0) is 18.6. The fourth-order valence-corrected chi connectivity index (χ4v) is 3.35. The summed E-state index contributed by atoms with van der Waals surface area (Å²) in [4.78, 5) is 13.4. The maximum absolute atomic E-state index is 12.4. The van der Waals surface area contributed by atoms with Gasteiger partial charge in [-0.3, -0.25) is 4.79 Å². The minimum absolute atomic E-state index is 0.148. The van der Waals surface area contributed by atoms with E-state index < -0.39 is 0 Å². The lowest BCUT2D eigenvalue weighted by Crippen LogP contribution is -2.24. The number of hydrogen-bond acceptors (Lipinski definition) is 5. The topological polar surface area (TPSA) is 72.2 Å². The van der Waals surface area contributed by atoms with Gasteiger partial charge in [0.15, 0.2) is 11.5 Å². The molecule has 0 spiro atoms. The van der Waals surface area contributed by atoms with Gasteiger partial charge in [-0.05, 0) is 42.1 Å². The van der Waals surface area contributed by atoms with E-state index in [0.29, 0.717) is 17.0 Å². The molecule has 0 saturated heterocycles. The molecule has 0 aliphatic carbocycles. The number of rotatable bonds is 5. The first-order valence-electron chi connectivity index (χ1n) is 8.47.